The normalized spacial score (nSPS) is 11.5. The molecule has 1 aromatic carbocycles. The number of hydrogen-bond donors (Lipinski definition) is 2. The number of phenols is 1. The molecule has 0 bridgehead atoms. The van der Waals surface area contributed by atoms with Crippen LogP contribution in [0.25, 0.3) is 28.3 Å². The molecule has 0 fully saturated rings. The van der Waals surface area contributed by atoms with Gasteiger partial charge in [0, 0.05) is 6.54 Å². The number of phenolic OH excluding ortho intramolecular Hbond substituents is 1. The molecule has 5 aromatic rings. The van der Waals surface area contributed by atoms with Gasteiger partial charge in [0.25, 0.3) is 0 Å². The van der Waals surface area contributed by atoms with Crippen molar-refractivity contribution < 1.29 is 14.3 Å². The van der Waals surface area contributed by atoms with Crippen LogP contribution in [0.3, 0.4) is 0 Å². The van der Waals surface area contributed by atoms with Gasteiger partial charge in [0.15, 0.2) is 28.6 Å². The minimum Gasteiger partial charge on any atom is -0.504 e. The van der Waals surface area contributed by atoms with Gasteiger partial charge in [-0.1, -0.05) is 6.07 Å². The molecule has 0 unspecified atom stereocenters. The SMILES string of the molecule is COc1cc(CCn2ncc3c2nc(N)n2nc(-c4ccco4)nc32)ccc1O. The average molecular weight is 391 g/mol. The summed E-state index contributed by atoms with van der Waals surface area (Å²) in [5.41, 5.74) is 8.30. The number of ether oxygens (including phenoxy) is 1. The third-order valence-corrected chi connectivity index (χ3v) is 4.70. The molecule has 10 nitrogen and oxygen atoms in total. The van der Waals surface area contributed by atoms with Crippen LogP contribution in [-0.4, -0.2) is 41.6 Å². The lowest BCUT2D eigenvalue weighted by Crippen LogP contribution is -2.07. The molecular weight excluding hydrogens is 374 g/mol. The second kappa shape index (κ2) is 6.51. The molecule has 146 valence electrons. The van der Waals surface area contributed by atoms with E-state index < -0.39 is 0 Å². The predicted molar refractivity (Wildman–Crippen MR) is 105 cm³/mol. The van der Waals surface area contributed by atoms with Gasteiger partial charge in [0.1, 0.15) is 0 Å². The van der Waals surface area contributed by atoms with Crippen molar-refractivity contribution in [1.29, 1.82) is 0 Å². The van der Waals surface area contributed by atoms with Gasteiger partial charge in [-0.05, 0) is 36.2 Å². The zero-order chi connectivity index (χ0) is 20.0. The van der Waals surface area contributed by atoms with E-state index in [0.717, 1.165) is 10.9 Å². The van der Waals surface area contributed by atoms with Gasteiger partial charge < -0.3 is 20.0 Å². The van der Waals surface area contributed by atoms with Crippen molar-refractivity contribution in [3.63, 3.8) is 0 Å². The van der Waals surface area contributed by atoms with E-state index in [9.17, 15) is 5.11 Å². The van der Waals surface area contributed by atoms with Gasteiger partial charge in [-0.3, -0.25) is 0 Å². The second-order valence-electron chi connectivity index (χ2n) is 6.48. The molecule has 0 spiro atoms. The first-order valence-electron chi connectivity index (χ1n) is 8.91. The van der Waals surface area contributed by atoms with E-state index in [2.05, 4.69) is 20.2 Å². The van der Waals surface area contributed by atoms with Crippen LogP contribution in [-0.2, 0) is 13.0 Å². The highest BCUT2D eigenvalue weighted by Gasteiger charge is 2.17. The zero-order valence-electron chi connectivity index (χ0n) is 15.5. The third kappa shape index (κ3) is 2.81. The lowest BCUT2D eigenvalue weighted by atomic mass is 10.1. The van der Waals surface area contributed by atoms with E-state index in [1.807, 2.05) is 6.07 Å². The summed E-state index contributed by atoms with van der Waals surface area (Å²) in [4.78, 5) is 9.01. The number of aromatic hydroxyl groups is 1. The van der Waals surface area contributed by atoms with Crippen LogP contribution in [0.2, 0.25) is 0 Å². The molecule has 10 heteroatoms. The van der Waals surface area contributed by atoms with Gasteiger partial charge in [0.05, 0.1) is 25.0 Å². The molecule has 0 saturated carbocycles. The third-order valence-electron chi connectivity index (χ3n) is 4.70. The Morgan fingerprint density at radius 1 is 1.21 bits per heavy atom. The van der Waals surface area contributed by atoms with Crippen molar-refractivity contribution in [1.82, 2.24) is 29.4 Å². The van der Waals surface area contributed by atoms with Gasteiger partial charge in [0.2, 0.25) is 11.8 Å². The number of benzene rings is 1. The number of hydrogen-bond acceptors (Lipinski definition) is 8. The molecule has 0 aliphatic carbocycles. The molecule has 0 atom stereocenters. The summed E-state index contributed by atoms with van der Waals surface area (Å²) < 4.78 is 13.8. The van der Waals surface area contributed by atoms with Crippen LogP contribution < -0.4 is 10.5 Å². The summed E-state index contributed by atoms with van der Waals surface area (Å²) >= 11 is 0. The maximum atomic E-state index is 9.74. The highest BCUT2D eigenvalue weighted by molar-refractivity contribution is 5.90. The van der Waals surface area contributed by atoms with Crippen LogP contribution in [0.15, 0.2) is 47.2 Å². The fourth-order valence-electron chi connectivity index (χ4n) is 3.24. The second-order valence-corrected chi connectivity index (χ2v) is 6.48. The smallest absolute Gasteiger partial charge is 0.225 e. The van der Waals surface area contributed by atoms with Crippen molar-refractivity contribution in [2.45, 2.75) is 13.0 Å². The molecule has 0 radical (unpaired) electrons. The largest absolute Gasteiger partial charge is 0.504 e. The summed E-state index contributed by atoms with van der Waals surface area (Å²) in [6.45, 7) is 0.569. The Morgan fingerprint density at radius 2 is 2.10 bits per heavy atom. The first-order valence-corrected chi connectivity index (χ1v) is 8.91. The summed E-state index contributed by atoms with van der Waals surface area (Å²) in [6.07, 6.45) is 3.94. The number of aromatic nitrogens is 6. The highest BCUT2D eigenvalue weighted by Crippen LogP contribution is 2.27. The maximum absolute atomic E-state index is 9.74. The number of nitrogens with zero attached hydrogens (tertiary/aromatic N) is 6. The summed E-state index contributed by atoms with van der Waals surface area (Å²) in [7, 11) is 1.52. The minimum atomic E-state index is 0.108. The fourth-order valence-corrected chi connectivity index (χ4v) is 3.24. The van der Waals surface area contributed by atoms with Gasteiger partial charge in [-0.25, -0.2) is 9.67 Å². The molecule has 4 aromatic heterocycles. The number of nitrogens with two attached hydrogens (primary N) is 1. The number of rotatable bonds is 5. The number of aryl methyl sites for hydroxylation is 2. The van der Waals surface area contributed by atoms with Crippen molar-refractivity contribution in [3.8, 4) is 23.1 Å². The van der Waals surface area contributed by atoms with E-state index in [0.29, 0.717) is 41.6 Å². The Morgan fingerprint density at radius 3 is 2.90 bits per heavy atom. The molecule has 3 N–H and O–H groups in total. The molecule has 0 aliphatic rings. The number of fused-ring (bicyclic) bond motifs is 3. The van der Waals surface area contributed by atoms with E-state index in [1.165, 1.54) is 11.6 Å². The molecule has 4 heterocycles. The van der Waals surface area contributed by atoms with Gasteiger partial charge >= 0.3 is 0 Å². The summed E-state index contributed by atoms with van der Waals surface area (Å²) in [5, 5.41) is 19.3. The maximum Gasteiger partial charge on any atom is 0.225 e. The number of nitrogen functional groups attached to an aromatic ring is 1. The van der Waals surface area contributed by atoms with Crippen LogP contribution in [0.4, 0.5) is 5.95 Å². The Bertz CT molecular complexity index is 1320. The Kier molecular flexibility index (Phi) is 3.83. The topological polar surface area (TPSA) is 130 Å². The van der Waals surface area contributed by atoms with Crippen LogP contribution in [0.5, 0.6) is 11.5 Å². The van der Waals surface area contributed by atoms with Crippen LogP contribution in [0.1, 0.15) is 5.56 Å². The summed E-state index contributed by atoms with van der Waals surface area (Å²) in [6, 6.07) is 8.81. The molecular formula is C19H17N7O3. The van der Waals surface area contributed by atoms with Gasteiger partial charge in [-0.15, -0.1) is 5.10 Å². The first kappa shape index (κ1) is 17.0. The van der Waals surface area contributed by atoms with E-state index in [-0.39, 0.29) is 11.7 Å². The van der Waals surface area contributed by atoms with Crippen molar-refractivity contribution in [3.05, 3.63) is 48.4 Å². The Balaban J connectivity index is 1.51. The van der Waals surface area contributed by atoms with E-state index in [4.69, 9.17) is 14.9 Å². The number of anilines is 1. The molecule has 5 rings (SSSR count). The first-order chi connectivity index (χ1) is 14.1. The van der Waals surface area contributed by atoms with Crippen molar-refractivity contribution in [2.24, 2.45) is 0 Å². The molecule has 0 saturated heterocycles. The molecule has 0 aliphatic heterocycles. The van der Waals surface area contributed by atoms with E-state index in [1.54, 1.807) is 41.4 Å². The monoisotopic (exact) mass is 391 g/mol. The predicted octanol–water partition coefficient (Wildman–Crippen LogP) is 2.27. The van der Waals surface area contributed by atoms with Crippen LogP contribution >= 0.6 is 0 Å². The lowest BCUT2D eigenvalue weighted by molar-refractivity contribution is 0.373. The Hall–Kier alpha value is -4.08. The minimum absolute atomic E-state index is 0.108. The van der Waals surface area contributed by atoms with E-state index >= 15 is 0 Å². The zero-order valence-corrected chi connectivity index (χ0v) is 15.5. The lowest BCUT2D eigenvalue weighted by Gasteiger charge is -2.07. The highest BCUT2D eigenvalue weighted by atomic mass is 16.5. The van der Waals surface area contributed by atoms with Crippen molar-refractivity contribution >= 4 is 22.6 Å². The Labute approximate surface area is 164 Å². The van der Waals surface area contributed by atoms with Crippen molar-refractivity contribution in [2.75, 3.05) is 12.8 Å². The average Bonchev–Trinajstić information content (AvgIpc) is 3.46. The van der Waals surface area contributed by atoms with Crippen LogP contribution in [0, 0.1) is 0 Å². The quantitative estimate of drug-likeness (QED) is 0.467. The van der Waals surface area contributed by atoms with Gasteiger partial charge in [-0.2, -0.15) is 14.6 Å². The number of furan rings is 1. The molecule has 0 amide bonds. The fraction of sp³-hybridized carbons (Fsp3) is 0.158. The molecule has 29 heavy (non-hydrogen) atoms. The number of methoxy groups -OCH3 is 1. The standard InChI is InChI=1S/C19H17N7O3/c1-28-15-9-11(4-5-13(15)27)6-7-25-17-12(10-21-25)18-22-16(14-3-2-8-29-14)24-26(18)19(20)23-17/h2-5,8-10,27H,6-7H2,1H3,(H2,20,23). The summed E-state index contributed by atoms with van der Waals surface area (Å²) in [5.74, 6) is 1.74.